The van der Waals surface area contributed by atoms with Crippen molar-refractivity contribution in [1.82, 2.24) is 20.2 Å². The summed E-state index contributed by atoms with van der Waals surface area (Å²) in [7, 11) is 0. The van der Waals surface area contributed by atoms with E-state index in [4.69, 9.17) is 0 Å². The summed E-state index contributed by atoms with van der Waals surface area (Å²) in [6.07, 6.45) is 1.61. The zero-order chi connectivity index (χ0) is 24.6. The fraction of sp³-hybridized carbons (Fsp3) is 0.154. The first kappa shape index (κ1) is 24.7. The van der Waals surface area contributed by atoms with Crippen LogP contribution in [0.3, 0.4) is 0 Å². The molecule has 1 heterocycles. The van der Waals surface area contributed by atoms with E-state index in [9.17, 15) is 4.79 Å². The van der Waals surface area contributed by atoms with Gasteiger partial charge in [0, 0.05) is 15.8 Å². The van der Waals surface area contributed by atoms with Gasteiger partial charge < -0.3 is 5.32 Å². The van der Waals surface area contributed by atoms with Crippen molar-refractivity contribution in [3.63, 3.8) is 0 Å². The van der Waals surface area contributed by atoms with Gasteiger partial charge in [0.1, 0.15) is 0 Å². The van der Waals surface area contributed by atoms with Crippen LogP contribution in [0.4, 0.5) is 5.69 Å². The normalized spacial score (nSPS) is 12.0. The van der Waals surface area contributed by atoms with E-state index < -0.39 is 5.25 Å². The minimum atomic E-state index is -0.431. The quantitative estimate of drug-likeness (QED) is 0.162. The number of carbonyl (C=O) groups is 1. The molecule has 0 aliphatic rings. The summed E-state index contributed by atoms with van der Waals surface area (Å²) in [4.78, 5) is 12.7. The van der Waals surface area contributed by atoms with Gasteiger partial charge in [-0.15, -0.1) is 10.2 Å². The van der Waals surface area contributed by atoms with Gasteiger partial charge in [-0.05, 0) is 55.8 Å². The molecule has 178 valence electrons. The summed E-state index contributed by atoms with van der Waals surface area (Å²) in [5.74, 6) is 0.530. The van der Waals surface area contributed by atoms with Crippen molar-refractivity contribution in [2.45, 2.75) is 30.8 Å². The number of aryl methyl sites for hydroxylation is 1. The molecule has 9 heteroatoms. The van der Waals surface area contributed by atoms with Crippen LogP contribution < -0.4 is 10.7 Å². The minimum Gasteiger partial charge on any atom is -0.378 e. The maximum atomic E-state index is 12.7. The number of anilines is 1. The topological polar surface area (TPSA) is 84.2 Å². The fourth-order valence-corrected chi connectivity index (χ4v) is 4.54. The average Bonchev–Trinajstić information content (AvgIpc) is 3.26. The van der Waals surface area contributed by atoms with Crippen LogP contribution in [0.1, 0.15) is 23.9 Å². The Morgan fingerprint density at radius 2 is 1.86 bits per heavy atom. The lowest BCUT2D eigenvalue weighted by Crippen LogP contribution is -2.27. The molecule has 1 unspecified atom stereocenters. The summed E-state index contributed by atoms with van der Waals surface area (Å²) in [6.45, 7) is 4.37. The van der Waals surface area contributed by atoms with Crippen LogP contribution in [0.5, 0.6) is 0 Å². The predicted molar refractivity (Wildman–Crippen MR) is 145 cm³/mol. The molecular weight excluding hydrogens is 524 g/mol. The van der Waals surface area contributed by atoms with Crippen molar-refractivity contribution in [1.29, 1.82) is 0 Å². The van der Waals surface area contributed by atoms with Gasteiger partial charge in [0.2, 0.25) is 0 Å². The van der Waals surface area contributed by atoms with Gasteiger partial charge in [0.25, 0.3) is 5.91 Å². The highest BCUT2D eigenvalue weighted by atomic mass is 79.9. The number of hydrogen-bond donors (Lipinski definition) is 2. The molecule has 1 atom stereocenters. The molecule has 0 radical (unpaired) electrons. The van der Waals surface area contributed by atoms with Crippen LogP contribution in [0.15, 0.2) is 93.6 Å². The molecule has 0 saturated carbocycles. The summed E-state index contributed by atoms with van der Waals surface area (Å²) in [5, 5.41) is 16.5. The van der Waals surface area contributed by atoms with Crippen molar-refractivity contribution in [3.05, 3.63) is 100 Å². The van der Waals surface area contributed by atoms with E-state index in [1.807, 2.05) is 78.2 Å². The van der Waals surface area contributed by atoms with Gasteiger partial charge in [-0.3, -0.25) is 9.36 Å². The number of amides is 1. The number of halogens is 1. The highest BCUT2D eigenvalue weighted by Crippen LogP contribution is 2.26. The Hall–Kier alpha value is -3.43. The standard InChI is InChI=1S/C26H25BrN6OS/c1-18-11-13-22(14-12-18)28-17-24-30-32-26(33(24)23-9-4-3-5-10-23)35-19(2)25(34)31-29-16-20-7-6-8-21(27)15-20/h3-16,19,28H,17H2,1-2H3,(H,31,34). The predicted octanol–water partition coefficient (Wildman–Crippen LogP) is 5.58. The van der Waals surface area contributed by atoms with Gasteiger partial charge in [0.15, 0.2) is 11.0 Å². The number of carbonyl (C=O) groups excluding carboxylic acids is 1. The number of nitrogens with zero attached hydrogens (tertiary/aromatic N) is 4. The lowest BCUT2D eigenvalue weighted by Gasteiger charge is -2.13. The number of rotatable bonds is 9. The number of para-hydroxylation sites is 1. The van der Waals surface area contributed by atoms with Gasteiger partial charge in [-0.1, -0.05) is 75.7 Å². The van der Waals surface area contributed by atoms with E-state index in [1.54, 1.807) is 6.21 Å². The fourth-order valence-electron chi connectivity index (χ4n) is 3.24. The highest BCUT2D eigenvalue weighted by molar-refractivity contribution is 9.10. The SMILES string of the molecule is Cc1ccc(NCc2nnc(SC(C)C(=O)NN=Cc3cccc(Br)c3)n2-c2ccccc2)cc1. The highest BCUT2D eigenvalue weighted by Gasteiger charge is 2.21. The van der Waals surface area contributed by atoms with Crippen molar-refractivity contribution in [3.8, 4) is 5.69 Å². The van der Waals surface area contributed by atoms with Crippen LogP contribution in [0.25, 0.3) is 5.69 Å². The lowest BCUT2D eigenvalue weighted by atomic mass is 10.2. The molecule has 0 spiro atoms. The largest absolute Gasteiger partial charge is 0.378 e. The molecule has 1 aromatic heterocycles. The first-order chi connectivity index (χ1) is 17.0. The minimum absolute atomic E-state index is 0.219. The molecule has 4 rings (SSSR count). The molecule has 0 saturated heterocycles. The average molecular weight is 549 g/mol. The zero-order valence-corrected chi connectivity index (χ0v) is 21.8. The smallest absolute Gasteiger partial charge is 0.253 e. The van der Waals surface area contributed by atoms with Crippen molar-refractivity contribution < 1.29 is 4.79 Å². The van der Waals surface area contributed by atoms with E-state index in [-0.39, 0.29) is 5.91 Å². The molecular formula is C26H25BrN6OS. The molecule has 0 aliphatic carbocycles. The second kappa shape index (κ2) is 11.8. The van der Waals surface area contributed by atoms with Crippen LogP contribution in [-0.2, 0) is 11.3 Å². The second-order valence-corrected chi connectivity index (χ2v) is 10.1. The zero-order valence-electron chi connectivity index (χ0n) is 19.4. The molecule has 2 N–H and O–H groups in total. The van der Waals surface area contributed by atoms with E-state index in [1.165, 1.54) is 17.3 Å². The molecule has 35 heavy (non-hydrogen) atoms. The Morgan fingerprint density at radius 3 is 2.60 bits per heavy atom. The van der Waals surface area contributed by atoms with E-state index in [0.717, 1.165) is 27.2 Å². The third-order valence-electron chi connectivity index (χ3n) is 5.11. The maximum absolute atomic E-state index is 12.7. The maximum Gasteiger partial charge on any atom is 0.253 e. The monoisotopic (exact) mass is 548 g/mol. The Balaban J connectivity index is 1.47. The lowest BCUT2D eigenvalue weighted by molar-refractivity contribution is -0.120. The van der Waals surface area contributed by atoms with Gasteiger partial charge in [0.05, 0.1) is 18.0 Å². The molecule has 0 bridgehead atoms. The number of nitrogens with one attached hydrogen (secondary N) is 2. The summed E-state index contributed by atoms with van der Waals surface area (Å²) >= 11 is 4.76. The number of aromatic nitrogens is 3. The van der Waals surface area contributed by atoms with Crippen LogP contribution >= 0.6 is 27.7 Å². The number of thioether (sulfide) groups is 1. The van der Waals surface area contributed by atoms with Crippen LogP contribution in [0.2, 0.25) is 0 Å². The van der Waals surface area contributed by atoms with E-state index in [2.05, 4.69) is 61.0 Å². The Kier molecular flexibility index (Phi) is 8.33. The Labute approximate surface area is 217 Å². The molecule has 3 aromatic carbocycles. The molecule has 0 aliphatic heterocycles. The Morgan fingerprint density at radius 1 is 1.09 bits per heavy atom. The molecule has 7 nitrogen and oxygen atoms in total. The van der Waals surface area contributed by atoms with E-state index >= 15 is 0 Å². The molecule has 0 fully saturated rings. The third-order valence-corrected chi connectivity index (χ3v) is 6.64. The van der Waals surface area contributed by atoms with E-state index in [0.29, 0.717) is 11.7 Å². The van der Waals surface area contributed by atoms with Crippen molar-refractivity contribution in [2.75, 3.05) is 5.32 Å². The van der Waals surface area contributed by atoms with Gasteiger partial charge in [-0.25, -0.2) is 5.43 Å². The summed E-state index contributed by atoms with van der Waals surface area (Å²) in [5.41, 5.74) is 6.63. The number of benzene rings is 3. The summed E-state index contributed by atoms with van der Waals surface area (Å²) in [6, 6.07) is 25.8. The molecule has 4 aromatic rings. The van der Waals surface area contributed by atoms with Crippen LogP contribution in [0, 0.1) is 6.92 Å². The summed E-state index contributed by atoms with van der Waals surface area (Å²) < 4.78 is 2.92. The van der Waals surface area contributed by atoms with Gasteiger partial charge in [-0.2, -0.15) is 5.10 Å². The Bertz CT molecular complexity index is 1310. The first-order valence-corrected chi connectivity index (χ1v) is 12.7. The van der Waals surface area contributed by atoms with Crippen LogP contribution in [-0.4, -0.2) is 32.1 Å². The first-order valence-electron chi connectivity index (χ1n) is 11.0. The van der Waals surface area contributed by atoms with Gasteiger partial charge >= 0.3 is 0 Å². The second-order valence-electron chi connectivity index (χ2n) is 7.84. The van der Waals surface area contributed by atoms with Crippen molar-refractivity contribution >= 4 is 45.5 Å². The number of hydrazone groups is 1. The third kappa shape index (κ3) is 6.80. The molecule has 1 amide bonds. The number of hydrogen-bond acceptors (Lipinski definition) is 6. The van der Waals surface area contributed by atoms with Crippen molar-refractivity contribution in [2.24, 2.45) is 5.10 Å².